The summed E-state index contributed by atoms with van der Waals surface area (Å²) in [5, 5.41) is 10.8. The topological polar surface area (TPSA) is 52.4 Å². The fourth-order valence-electron chi connectivity index (χ4n) is 1.63. The number of nitrogens with zero attached hydrogens (tertiary/aromatic N) is 1. The molecule has 0 atom stereocenters. The van der Waals surface area contributed by atoms with Crippen molar-refractivity contribution in [2.75, 3.05) is 0 Å². The van der Waals surface area contributed by atoms with Crippen LogP contribution in [0.1, 0.15) is 5.56 Å². The largest absolute Gasteiger partial charge is 0.480 e. The Morgan fingerprint density at radius 2 is 1.86 bits per heavy atom. The maximum Gasteiger partial charge on any atom is 0.314 e. The van der Waals surface area contributed by atoms with Crippen molar-refractivity contribution in [1.29, 1.82) is 0 Å². The number of halogens is 4. The number of para-hydroxylation sites is 1. The van der Waals surface area contributed by atoms with E-state index in [1.54, 1.807) is 0 Å². The number of nitro groups is 1. The van der Waals surface area contributed by atoms with Crippen LogP contribution < -0.4 is 4.74 Å². The molecule has 0 saturated carbocycles. The monoisotopic (exact) mass is 361 g/mol. The molecule has 110 valence electrons. The van der Waals surface area contributed by atoms with Crippen molar-refractivity contribution in [3.8, 4) is 5.75 Å². The SMILES string of the molecule is O=[N+]([O-])c1cccc(F)c1OCc1c(F)ccc(Br)c1F. The Balaban J connectivity index is 2.34. The van der Waals surface area contributed by atoms with Gasteiger partial charge in [-0.2, -0.15) is 0 Å². The molecule has 0 aliphatic carbocycles. The van der Waals surface area contributed by atoms with Crippen LogP contribution in [0.2, 0.25) is 0 Å². The molecule has 8 heteroatoms. The van der Waals surface area contributed by atoms with Crippen LogP contribution in [0.25, 0.3) is 0 Å². The molecule has 0 N–H and O–H groups in total. The summed E-state index contributed by atoms with van der Waals surface area (Å²) in [7, 11) is 0. The number of rotatable bonds is 4. The number of ether oxygens (including phenoxy) is 1. The third-order valence-electron chi connectivity index (χ3n) is 2.64. The van der Waals surface area contributed by atoms with E-state index in [4.69, 9.17) is 4.74 Å². The third-order valence-corrected chi connectivity index (χ3v) is 3.26. The summed E-state index contributed by atoms with van der Waals surface area (Å²) in [5.41, 5.74) is -1.08. The zero-order chi connectivity index (χ0) is 15.6. The molecule has 0 amide bonds. The lowest BCUT2D eigenvalue weighted by Crippen LogP contribution is -2.05. The van der Waals surface area contributed by atoms with Gasteiger partial charge in [-0.1, -0.05) is 6.07 Å². The molecular formula is C13H7BrF3NO3. The molecule has 0 aromatic heterocycles. The second kappa shape index (κ2) is 6.13. The molecule has 0 aliphatic rings. The van der Waals surface area contributed by atoms with E-state index in [-0.39, 0.29) is 4.47 Å². The first kappa shape index (κ1) is 15.3. The Hall–Kier alpha value is -2.09. The molecule has 0 radical (unpaired) electrons. The van der Waals surface area contributed by atoms with Crippen molar-refractivity contribution in [3.05, 3.63) is 67.9 Å². The van der Waals surface area contributed by atoms with Gasteiger partial charge in [0, 0.05) is 6.07 Å². The predicted octanol–water partition coefficient (Wildman–Crippen LogP) is 4.35. The Morgan fingerprint density at radius 1 is 1.14 bits per heavy atom. The van der Waals surface area contributed by atoms with E-state index in [9.17, 15) is 23.3 Å². The van der Waals surface area contributed by atoms with Crippen molar-refractivity contribution in [2.24, 2.45) is 0 Å². The van der Waals surface area contributed by atoms with Crippen molar-refractivity contribution in [2.45, 2.75) is 6.61 Å². The van der Waals surface area contributed by atoms with Crippen molar-refractivity contribution < 1.29 is 22.8 Å². The van der Waals surface area contributed by atoms with E-state index in [1.807, 2.05) is 0 Å². The van der Waals surface area contributed by atoms with Crippen LogP contribution in [-0.2, 0) is 6.61 Å². The predicted molar refractivity (Wildman–Crippen MR) is 71.4 cm³/mol. The van der Waals surface area contributed by atoms with Gasteiger partial charge in [0.15, 0.2) is 5.82 Å². The van der Waals surface area contributed by atoms with Gasteiger partial charge in [-0.3, -0.25) is 10.1 Å². The van der Waals surface area contributed by atoms with Gasteiger partial charge in [-0.25, -0.2) is 13.2 Å². The van der Waals surface area contributed by atoms with Gasteiger partial charge in [0.25, 0.3) is 0 Å². The Morgan fingerprint density at radius 3 is 2.52 bits per heavy atom. The van der Waals surface area contributed by atoms with Crippen molar-refractivity contribution >= 4 is 21.6 Å². The molecule has 0 heterocycles. The first-order chi connectivity index (χ1) is 9.91. The van der Waals surface area contributed by atoms with Crippen LogP contribution in [0, 0.1) is 27.6 Å². The highest BCUT2D eigenvalue weighted by Crippen LogP contribution is 2.31. The van der Waals surface area contributed by atoms with Gasteiger partial charge < -0.3 is 4.74 Å². The minimum atomic E-state index is -0.986. The fourth-order valence-corrected chi connectivity index (χ4v) is 2.00. The number of nitro benzene ring substituents is 1. The van der Waals surface area contributed by atoms with E-state index >= 15 is 0 Å². The quantitative estimate of drug-likeness (QED) is 0.462. The Bertz CT molecular complexity index is 709. The number of benzene rings is 2. The van der Waals surface area contributed by atoms with Gasteiger partial charge in [0.1, 0.15) is 18.2 Å². The highest BCUT2D eigenvalue weighted by molar-refractivity contribution is 9.10. The van der Waals surface area contributed by atoms with E-state index < -0.39 is 46.0 Å². The minimum absolute atomic E-state index is 0.00512. The molecule has 2 aromatic carbocycles. The zero-order valence-corrected chi connectivity index (χ0v) is 11.9. The fraction of sp³-hybridized carbons (Fsp3) is 0.0769. The highest BCUT2D eigenvalue weighted by Gasteiger charge is 2.21. The highest BCUT2D eigenvalue weighted by atomic mass is 79.9. The van der Waals surface area contributed by atoms with E-state index in [0.717, 1.165) is 24.3 Å². The van der Waals surface area contributed by atoms with Crippen LogP contribution in [0.15, 0.2) is 34.8 Å². The molecular weight excluding hydrogens is 355 g/mol. The molecule has 0 bridgehead atoms. The summed E-state index contributed by atoms with van der Waals surface area (Å²) in [6.45, 7) is -0.682. The summed E-state index contributed by atoms with van der Waals surface area (Å²) in [4.78, 5) is 9.94. The van der Waals surface area contributed by atoms with Crippen LogP contribution >= 0.6 is 15.9 Å². The second-order valence-electron chi connectivity index (χ2n) is 3.96. The first-order valence-electron chi connectivity index (χ1n) is 5.60. The Kier molecular flexibility index (Phi) is 4.46. The van der Waals surface area contributed by atoms with Crippen molar-refractivity contribution in [3.63, 3.8) is 0 Å². The summed E-state index contributed by atoms with van der Waals surface area (Å²) >= 11 is 2.88. The van der Waals surface area contributed by atoms with Gasteiger partial charge in [0.05, 0.1) is 15.0 Å². The maximum atomic E-state index is 13.7. The molecule has 2 rings (SSSR count). The lowest BCUT2D eigenvalue weighted by atomic mass is 10.2. The summed E-state index contributed by atoms with van der Waals surface area (Å²) in [6.07, 6.45) is 0. The average Bonchev–Trinajstić information content (AvgIpc) is 2.44. The second-order valence-corrected chi connectivity index (χ2v) is 4.81. The Labute approximate surface area is 125 Å². The average molecular weight is 362 g/mol. The van der Waals surface area contributed by atoms with Crippen LogP contribution in [0.4, 0.5) is 18.9 Å². The maximum absolute atomic E-state index is 13.7. The molecule has 0 unspecified atom stereocenters. The van der Waals surface area contributed by atoms with Gasteiger partial charge in [-0.05, 0) is 34.1 Å². The van der Waals surface area contributed by atoms with Gasteiger partial charge >= 0.3 is 5.69 Å². The van der Waals surface area contributed by atoms with E-state index in [1.165, 1.54) is 6.07 Å². The van der Waals surface area contributed by atoms with Crippen LogP contribution in [0.5, 0.6) is 5.75 Å². The molecule has 21 heavy (non-hydrogen) atoms. The summed E-state index contributed by atoms with van der Waals surface area (Å²) in [5.74, 6) is -3.45. The lowest BCUT2D eigenvalue weighted by molar-refractivity contribution is -0.386. The minimum Gasteiger partial charge on any atom is -0.480 e. The smallest absolute Gasteiger partial charge is 0.314 e. The molecule has 0 fully saturated rings. The standard InChI is InChI=1S/C13H7BrF3NO3/c14-8-4-5-9(15)7(12(8)17)6-21-13-10(16)2-1-3-11(13)18(19)20/h1-5H,6H2. The summed E-state index contributed by atoms with van der Waals surface area (Å²) in [6, 6.07) is 5.30. The van der Waals surface area contributed by atoms with Gasteiger partial charge in [-0.15, -0.1) is 0 Å². The van der Waals surface area contributed by atoms with Crippen LogP contribution in [-0.4, -0.2) is 4.92 Å². The zero-order valence-electron chi connectivity index (χ0n) is 10.3. The number of hydrogen-bond acceptors (Lipinski definition) is 3. The van der Waals surface area contributed by atoms with Crippen molar-refractivity contribution in [1.82, 2.24) is 0 Å². The first-order valence-corrected chi connectivity index (χ1v) is 6.39. The van der Waals surface area contributed by atoms with E-state index in [0.29, 0.717) is 0 Å². The lowest BCUT2D eigenvalue weighted by Gasteiger charge is -2.10. The normalized spacial score (nSPS) is 10.5. The third kappa shape index (κ3) is 3.15. The van der Waals surface area contributed by atoms with Gasteiger partial charge in [0.2, 0.25) is 5.75 Å². The van der Waals surface area contributed by atoms with E-state index in [2.05, 4.69) is 15.9 Å². The molecule has 0 aliphatic heterocycles. The summed E-state index contributed by atoms with van der Waals surface area (Å²) < 4.78 is 45.7. The molecule has 2 aromatic rings. The molecule has 0 spiro atoms. The van der Waals surface area contributed by atoms with Crippen LogP contribution in [0.3, 0.4) is 0 Å². The molecule has 0 saturated heterocycles. The number of hydrogen-bond donors (Lipinski definition) is 0. The molecule has 4 nitrogen and oxygen atoms in total.